The van der Waals surface area contributed by atoms with Crippen molar-refractivity contribution in [3.05, 3.63) is 60.2 Å². The van der Waals surface area contributed by atoms with Gasteiger partial charge in [-0.25, -0.2) is 13.2 Å². The topological polar surface area (TPSA) is 132 Å². The zero-order valence-corrected chi connectivity index (χ0v) is 21.8. The molecule has 200 valence electrons. The lowest BCUT2D eigenvalue weighted by molar-refractivity contribution is -0.149. The first kappa shape index (κ1) is 28.1. The molecule has 0 radical (unpaired) electrons. The van der Waals surface area contributed by atoms with Crippen LogP contribution in [0.1, 0.15) is 5.56 Å². The van der Waals surface area contributed by atoms with E-state index in [2.05, 4.69) is 5.32 Å². The van der Waals surface area contributed by atoms with Crippen LogP contribution in [-0.2, 0) is 40.3 Å². The molecular weight excluding hydrogens is 502 g/mol. The third-order valence-corrected chi connectivity index (χ3v) is 7.90. The Morgan fingerprint density at radius 3 is 2.27 bits per heavy atom. The van der Waals surface area contributed by atoms with E-state index < -0.39 is 39.9 Å². The van der Waals surface area contributed by atoms with Crippen LogP contribution in [0.3, 0.4) is 0 Å². The highest BCUT2D eigenvalue weighted by Crippen LogP contribution is 2.21. The van der Waals surface area contributed by atoms with Gasteiger partial charge in [0.1, 0.15) is 24.4 Å². The normalized spacial score (nSPS) is 17.1. The van der Waals surface area contributed by atoms with E-state index in [9.17, 15) is 22.8 Å². The van der Waals surface area contributed by atoms with Crippen molar-refractivity contribution in [2.45, 2.75) is 23.4 Å². The van der Waals surface area contributed by atoms with E-state index in [1.165, 1.54) is 42.7 Å². The number of sulfonamides is 1. The van der Waals surface area contributed by atoms with Gasteiger partial charge < -0.3 is 24.4 Å². The van der Waals surface area contributed by atoms with Crippen LogP contribution < -0.4 is 10.1 Å². The summed E-state index contributed by atoms with van der Waals surface area (Å²) in [5.41, 5.74) is 0.737. The van der Waals surface area contributed by atoms with Gasteiger partial charge in [-0.2, -0.15) is 4.31 Å². The van der Waals surface area contributed by atoms with Gasteiger partial charge in [0.05, 0.1) is 19.1 Å². The maximum absolute atomic E-state index is 13.5. The molecule has 1 fully saturated rings. The van der Waals surface area contributed by atoms with Crippen LogP contribution in [0.15, 0.2) is 59.5 Å². The molecule has 12 heteroatoms. The molecular formula is C25H31N3O8S. The summed E-state index contributed by atoms with van der Waals surface area (Å²) in [5.74, 6) is -1.19. The molecule has 1 heterocycles. The van der Waals surface area contributed by atoms with E-state index in [0.29, 0.717) is 5.75 Å². The minimum Gasteiger partial charge on any atom is -0.497 e. The number of benzene rings is 2. The number of carbonyl (C=O) groups is 3. The molecule has 1 aliphatic rings. The molecule has 1 saturated heterocycles. The molecule has 11 nitrogen and oxygen atoms in total. The zero-order valence-electron chi connectivity index (χ0n) is 21.0. The fourth-order valence-electron chi connectivity index (χ4n) is 4.05. The number of rotatable bonds is 10. The van der Waals surface area contributed by atoms with Crippen molar-refractivity contribution in [3.8, 4) is 5.75 Å². The van der Waals surface area contributed by atoms with Gasteiger partial charge in [0, 0.05) is 33.2 Å². The SMILES string of the molecule is COCC(=O)N1CCN(S(=O)(=O)c2ccccc2)C[C@@H]1C(=O)N[C@@H](Cc1ccc(OC)cc1)C(=O)OC. The molecule has 0 bridgehead atoms. The molecule has 3 rings (SSSR count). The molecule has 0 saturated carbocycles. The first-order valence-electron chi connectivity index (χ1n) is 11.6. The lowest BCUT2D eigenvalue weighted by Crippen LogP contribution is -2.63. The van der Waals surface area contributed by atoms with E-state index in [1.54, 1.807) is 42.5 Å². The van der Waals surface area contributed by atoms with Crippen LogP contribution in [0.25, 0.3) is 0 Å². The molecule has 2 aromatic carbocycles. The molecule has 0 aromatic heterocycles. The van der Waals surface area contributed by atoms with Crippen LogP contribution in [0.5, 0.6) is 5.75 Å². The summed E-state index contributed by atoms with van der Waals surface area (Å²) in [7, 11) is 0.182. The first-order valence-corrected chi connectivity index (χ1v) is 13.0. The van der Waals surface area contributed by atoms with Gasteiger partial charge in [-0.15, -0.1) is 0 Å². The van der Waals surface area contributed by atoms with Crippen molar-refractivity contribution in [2.24, 2.45) is 0 Å². The second-order valence-electron chi connectivity index (χ2n) is 8.35. The number of nitrogens with zero attached hydrogens (tertiary/aromatic N) is 2. The van der Waals surface area contributed by atoms with Gasteiger partial charge in [-0.3, -0.25) is 9.59 Å². The Hall–Kier alpha value is -3.48. The molecule has 37 heavy (non-hydrogen) atoms. The standard InChI is InChI=1S/C25H31N3O8S/c1-34-17-23(29)28-14-13-27(37(32,33)20-7-5-4-6-8-20)16-22(28)24(30)26-21(25(31)36-3)15-18-9-11-19(35-2)12-10-18/h4-12,21-22H,13-17H2,1-3H3,(H,26,30)/t21-,22+/m0/s1. The minimum atomic E-state index is -3.91. The Morgan fingerprint density at radius 2 is 1.68 bits per heavy atom. The minimum absolute atomic E-state index is 0.00272. The van der Waals surface area contributed by atoms with E-state index in [0.717, 1.165) is 5.56 Å². The fraction of sp³-hybridized carbons (Fsp3) is 0.400. The number of amides is 2. The Labute approximate surface area is 216 Å². The summed E-state index contributed by atoms with van der Waals surface area (Å²) in [4.78, 5) is 40.0. The second-order valence-corrected chi connectivity index (χ2v) is 10.3. The largest absolute Gasteiger partial charge is 0.497 e. The van der Waals surface area contributed by atoms with Crippen LogP contribution in [0.2, 0.25) is 0 Å². The highest BCUT2D eigenvalue weighted by Gasteiger charge is 2.40. The average molecular weight is 534 g/mol. The van der Waals surface area contributed by atoms with E-state index in [4.69, 9.17) is 14.2 Å². The van der Waals surface area contributed by atoms with Crippen LogP contribution in [0.4, 0.5) is 0 Å². The Morgan fingerprint density at radius 1 is 1.00 bits per heavy atom. The number of ether oxygens (including phenoxy) is 3. The number of nitrogens with one attached hydrogen (secondary N) is 1. The number of piperazine rings is 1. The molecule has 2 aromatic rings. The molecule has 2 atom stereocenters. The van der Waals surface area contributed by atoms with Crippen molar-refractivity contribution < 1.29 is 37.0 Å². The predicted octanol–water partition coefficient (Wildman–Crippen LogP) is 0.444. The maximum Gasteiger partial charge on any atom is 0.328 e. The van der Waals surface area contributed by atoms with Crippen LogP contribution in [0, 0.1) is 0 Å². The van der Waals surface area contributed by atoms with Gasteiger partial charge in [0.25, 0.3) is 0 Å². The van der Waals surface area contributed by atoms with Crippen LogP contribution >= 0.6 is 0 Å². The number of carbonyl (C=O) groups excluding carboxylic acids is 3. The number of hydrogen-bond donors (Lipinski definition) is 1. The van der Waals surface area contributed by atoms with Gasteiger partial charge in [0.2, 0.25) is 21.8 Å². The summed E-state index contributed by atoms with van der Waals surface area (Å²) in [6.07, 6.45) is 0.118. The number of hydrogen-bond acceptors (Lipinski definition) is 8. The van der Waals surface area contributed by atoms with Gasteiger partial charge in [0.15, 0.2) is 0 Å². The Balaban J connectivity index is 1.85. The molecule has 0 spiro atoms. The molecule has 2 amide bonds. The van der Waals surface area contributed by atoms with Crippen molar-refractivity contribution in [3.63, 3.8) is 0 Å². The van der Waals surface area contributed by atoms with Gasteiger partial charge in [-0.05, 0) is 29.8 Å². The zero-order chi connectivity index (χ0) is 27.0. The highest BCUT2D eigenvalue weighted by atomic mass is 32.2. The van der Waals surface area contributed by atoms with E-state index in [-0.39, 0.29) is 37.6 Å². The summed E-state index contributed by atoms with van der Waals surface area (Å²) in [6, 6.07) is 12.6. The van der Waals surface area contributed by atoms with Gasteiger partial charge in [-0.1, -0.05) is 30.3 Å². The number of methoxy groups -OCH3 is 3. The lowest BCUT2D eigenvalue weighted by Gasteiger charge is -2.40. The van der Waals surface area contributed by atoms with Crippen LogP contribution in [-0.4, -0.2) is 95.1 Å². The molecule has 0 aliphatic carbocycles. The summed E-state index contributed by atoms with van der Waals surface area (Å²) >= 11 is 0. The first-order chi connectivity index (χ1) is 17.7. The molecule has 0 unspecified atom stereocenters. The second kappa shape index (κ2) is 12.7. The lowest BCUT2D eigenvalue weighted by atomic mass is 10.0. The van der Waals surface area contributed by atoms with Gasteiger partial charge >= 0.3 is 5.97 Å². The monoisotopic (exact) mass is 533 g/mol. The van der Waals surface area contributed by atoms with Crippen molar-refractivity contribution in [1.82, 2.24) is 14.5 Å². The quantitative estimate of drug-likeness (QED) is 0.436. The molecule has 1 aliphatic heterocycles. The summed E-state index contributed by atoms with van der Waals surface area (Å²) in [5, 5.41) is 2.65. The fourth-order valence-corrected chi connectivity index (χ4v) is 5.51. The average Bonchev–Trinajstić information content (AvgIpc) is 2.92. The molecule has 1 N–H and O–H groups in total. The van der Waals surface area contributed by atoms with E-state index in [1.807, 2.05) is 0 Å². The summed E-state index contributed by atoms with van der Waals surface area (Å²) < 4.78 is 42.6. The number of esters is 1. The van der Waals surface area contributed by atoms with Crippen molar-refractivity contribution in [2.75, 3.05) is 47.6 Å². The smallest absolute Gasteiger partial charge is 0.328 e. The third-order valence-electron chi connectivity index (χ3n) is 6.02. The van der Waals surface area contributed by atoms with E-state index >= 15 is 0 Å². The third kappa shape index (κ3) is 6.85. The predicted molar refractivity (Wildman–Crippen MR) is 133 cm³/mol. The highest BCUT2D eigenvalue weighted by molar-refractivity contribution is 7.89. The van der Waals surface area contributed by atoms with Crippen molar-refractivity contribution >= 4 is 27.8 Å². The summed E-state index contributed by atoms with van der Waals surface area (Å²) in [6.45, 7) is -0.576. The Kier molecular flexibility index (Phi) is 9.61. The Bertz CT molecular complexity index is 1190. The van der Waals surface area contributed by atoms with Crippen molar-refractivity contribution in [1.29, 1.82) is 0 Å². The maximum atomic E-state index is 13.5.